The van der Waals surface area contributed by atoms with E-state index in [1.54, 1.807) is 0 Å². The molecular formula is C14H15F3N2O3. The molecule has 1 atom stereocenters. The molecule has 2 amide bonds. The molecule has 2 N–H and O–H groups in total. The maximum atomic E-state index is 12.6. The van der Waals surface area contributed by atoms with Crippen molar-refractivity contribution in [2.24, 2.45) is 0 Å². The summed E-state index contributed by atoms with van der Waals surface area (Å²) in [5.41, 5.74) is -0.989. The second-order valence-electron chi connectivity index (χ2n) is 4.88. The number of carbonyl (C=O) groups is 2. The highest BCUT2D eigenvalue weighted by atomic mass is 19.4. The largest absolute Gasteiger partial charge is 0.416 e. The number of anilines is 1. The highest BCUT2D eigenvalue weighted by Crippen LogP contribution is 2.30. The Kier molecular flexibility index (Phi) is 5.02. The number of amides is 2. The van der Waals surface area contributed by atoms with Gasteiger partial charge in [-0.15, -0.1) is 0 Å². The Morgan fingerprint density at radius 1 is 1.27 bits per heavy atom. The Balaban J connectivity index is 1.89. The predicted molar refractivity (Wildman–Crippen MR) is 72.1 cm³/mol. The number of carbonyl (C=O) groups excluding carboxylic acids is 2. The number of alkyl halides is 3. The summed E-state index contributed by atoms with van der Waals surface area (Å²) in [5, 5.41) is 4.53. The van der Waals surface area contributed by atoms with E-state index in [-0.39, 0.29) is 18.3 Å². The van der Waals surface area contributed by atoms with Gasteiger partial charge in [0.15, 0.2) is 0 Å². The number of hydrogen-bond acceptors (Lipinski definition) is 3. The number of halogens is 3. The van der Waals surface area contributed by atoms with Crippen LogP contribution in [0.5, 0.6) is 0 Å². The molecule has 22 heavy (non-hydrogen) atoms. The quantitative estimate of drug-likeness (QED) is 0.838. The topological polar surface area (TPSA) is 67.4 Å². The van der Waals surface area contributed by atoms with Crippen molar-refractivity contribution in [3.63, 3.8) is 0 Å². The van der Waals surface area contributed by atoms with Crippen LogP contribution in [0.3, 0.4) is 0 Å². The Labute approximate surface area is 124 Å². The lowest BCUT2D eigenvalue weighted by Gasteiger charge is -2.12. The number of nitrogens with one attached hydrogen (secondary N) is 2. The van der Waals surface area contributed by atoms with Gasteiger partial charge in [0.05, 0.1) is 11.7 Å². The molecule has 1 aliphatic heterocycles. The van der Waals surface area contributed by atoms with Gasteiger partial charge < -0.3 is 15.4 Å². The number of rotatable bonds is 3. The molecule has 1 aromatic carbocycles. The molecule has 1 aromatic rings. The summed E-state index contributed by atoms with van der Waals surface area (Å²) in [6, 6.07) is 4.08. The maximum Gasteiger partial charge on any atom is 0.416 e. The molecule has 0 saturated carbocycles. The molecule has 0 bridgehead atoms. The lowest BCUT2D eigenvalue weighted by molar-refractivity contribution is -0.137. The number of ether oxygens (including phenoxy) is 1. The zero-order chi connectivity index (χ0) is 16.2. The first-order valence-corrected chi connectivity index (χ1v) is 6.74. The normalized spacial score (nSPS) is 18.0. The fraction of sp³-hybridized carbons (Fsp3) is 0.429. The zero-order valence-electron chi connectivity index (χ0n) is 11.6. The van der Waals surface area contributed by atoms with Crippen molar-refractivity contribution >= 4 is 17.5 Å². The molecule has 8 heteroatoms. The number of benzene rings is 1. The second kappa shape index (κ2) is 6.78. The van der Waals surface area contributed by atoms with Gasteiger partial charge in [-0.05, 0) is 31.0 Å². The third-order valence-electron chi connectivity index (χ3n) is 3.17. The molecule has 0 unspecified atom stereocenters. The van der Waals surface area contributed by atoms with E-state index < -0.39 is 23.6 Å². The molecule has 0 aliphatic carbocycles. The van der Waals surface area contributed by atoms with Crippen LogP contribution in [0.25, 0.3) is 0 Å². The lowest BCUT2D eigenvalue weighted by atomic mass is 10.2. The molecule has 120 valence electrons. The zero-order valence-corrected chi connectivity index (χ0v) is 11.6. The van der Waals surface area contributed by atoms with Crippen LogP contribution >= 0.6 is 0 Å². The molecule has 1 fully saturated rings. The minimum Gasteiger partial charge on any atom is -0.376 e. The van der Waals surface area contributed by atoms with E-state index in [4.69, 9.17) is 4.74 Å². The Bertz CT molecular complexity index is 555. The van der Waals surface area contributed by atoms with Gasteiger partial charge in [-0.2, -0.15) is 13.2 Å². The third-order valence-corrected chi connectivity index (χ3v) is 3.17. The fourth-order valence-corrected chi connectivity index (χ4v) is 2.05. The minimum atomic E-state index is -4.51. The third kappa shape index (κ3) is 4.45. The molecule has 0 radical (unpaired) electrons. The maximum absolute atomic E-state index is 12.6. The van der Waals surface area contributed by atoms with Crippen molar-refractivity contribution in [2.45, 2.75) is 25.1 Å². The van der Waals surface area contributed by atoms with E-state index in [1.165, 1.54) is 6.07 Å². The highest BCUT2D eigenvalue weighted by Gasteiger charge is 2.30. The summed E-state index contributed by atoms with van der Waals surface area (Å²) in [5.74, 6) is -1.93. The van der Waals surface area contributed by atoms with E-state index in [0.717, 1.165) is 31.0 Å². The standard InChI is InChI=1S/C14H15F3N2O3/c15-14(16,17)9-3-1-4-10(7-9)19-13(21)12(20)18-8-11-5-2-6-22-11/h1,3-4,7,11H,2,5-6,8H2,(H,18,20)(H,19,21)/t11-/m1/s1. The van der Waals surface area contributed by atoms with Gasteiger partial charge in [-0.25, -0.2) is 0 Å². The van der Waals surface area contributed by atoms with Gasteiger partial charge in [0, 0.05) is 18.8 Å². The van der Waals surface area contributed by atoms with Crippen molar-refractivity contribution in [3.8, 4) is 0 Å². The molecular weight excluding hydrogens is 301 g/mol. The van der Waals surface area contributed by atoms with E-state index >= 15 is 0 Å². The van der Waals surface area contributed by atoms with E-state index in [9.17, 15) is 22.8 Å². The molecule has 2 rings (SSSR count). The first-order valence-electron chi connectivity index (χ1n) is 6.74. The Morgan fingerprint density at radius 2 is 2.05 bits per heavy atom. The highest BCUT2D eigenvalue weighted by molar-refractivity contribution is 6.39. The molecule has 1 aliphatic rings. The van der Waals surface area contributed by atoms with E-state index in [1.807, 2.05) is 0 Å². The van der Waals surface area contributed by atoms with E-state index in [2.05, 4.69) is 10.6 Å². The number of hydrogen-bond donors (Lipinski definition) is 2. The summed E-state index contributed by atoms with van der Waals surface area (Å²) < 4.78 is 42.9. The van der Waals surface area contributed by atoms with Crippen molar-refractivity contribution in [2.75, 3.05) is 18.5 Å². The van der Waals surface area contributed by atoms with Crippen LogP contribution in [0, 0.1) is 0 Å². The van der Waals surface area contributed by atoms with Crippen LogP contribution < -0.4 is 10.6 Å². The van der Waals surface area contributed by atoms with Gasteiger partial charge >= 0.3 is 18.0 Å². The van der Waals surface area contributed by atoms with Crippen LogP contribution in [0.4, 0.5) is 18.9 Å². The Hall–Kier alpha value is -2.09. The van der Waals surface area contributed by atoms with Crippen LogP contribution in [-0.2, 0) is 20.5 Å². The molecule has 1 saturated heterocycles. The average Bonchev–Trinajstić information content (AvgIpc) is 2.97. The summed E-state index contributed by atoms with van der Waals surface area (Å²) >= 11 is 0. The Morgan fingerprint density at radius 3 is 2.68 bits per heavy atom. The first kappa shape index (κ1) is 16.3. The first-order chi connectivity index (χ1) is 10.4. The predicted octanol–water partition coefficient (Wildman–Crippen LogP) is 1.94. The van der Waals surface area contributed by atoms with Crippen LogP contribution in [0.15, 0.2) is 24.3 Å². The van der Waals surface area contributed by atoms with E-state index in [0.29, 0.717) is 6.61 Å². The van der Waals surface area contributed by atoms with Crippen LogP contribution in [-0.4, -0.2) is 31.1 Å². The van der Waals surface area contributed by atoms with Crippen LogP contribution in [0.2, 0.25) is 0 Å². The molecule has 1 heterocycles. The van der Waals surface area contributed by atoms with Crippen LogP contribution in [0.1, 0.15) is 18.4 Å². The smallest absolute Gasteiger partial charge is 0.376 e. The van der Waals surface area contributed by atoms with Crippen molar-refractivity contribution in [1.29, 1.82) is 0 Å². The average molecular weight is 316 g/mol. The van der Waals surface area contributed by atoms with Gasteiger partial charge in [0.1, 0.15) is 0 Å². The lowest BCUT2D eigenvalue weighted by Crippen LogP contribution is -2.39. The fourth-order valence-electron chi connectivity index (χ4n) is 2.05. The van der Waals surface area contributed by atoms with Gasteiger partial charge in [-0.3, -0.25) is 9.59 Å². The minimum absolute atomic E-state index is 0.0907. The summed E-state index contributed by atoms with van der Waals surface area (Å²) in [6.07, 6.45) is -2.93. The van der Waals surface area contributed by atoms with Gasteiger partial charge in [-0.1, -0.05) is 6.07 Å². The van der Waals surface area contributed by atoms with Crippen molar-refractivity contribution < 1.29 is 27.5 Å². The second-order valence-corrected chi connectivity index (χ2v) is 4.88. The van der Waals surface area contributed by atoms with Gasteiger partial charge in [0.25, 0.3) is 0 Å². The molecule has 0 spiro atoms. The summed E-state index contributed by atoms with van der Waals surface area (Å²) in [7, 11) is 0. The summed E-state index contributed by atoms with van der Waals surface area (Å²) in [6.45, 7) is 0.825. The molecule has 5 nitrogen and oxygen atoms in total. The monoisotopic (exact) mass is 316 g/mol. The van der Waals surface area contributed by atoms with Gasteiger partial charge in [0.2, 0.25) is 0 Å². The SMILES string of the molecule is O=C(NC[C@H]1CCCO1)C(=O)Nc1cccc(C(F)(F)F)c1. The van der Waals surface area contributed by atoms with Crippen molar-refractivity contribution in [1.82, 2.24) is 5.32 Å². The van der Waals surface area contributed by atoms with Crippen molar-refractivity contribution in [3.05, 3.63) is 29.8 Å². The summed E-state index contributed by atoms with van der Waals surface area (Å²) in [4.78, 5) is 23.2. The molecule has 0 aromatic heterocycles.